The van der Waals surface area contributed by atoms with Crippen LogP contribution >= 0.6 is 0 Å². The maximum Gasteiger partial charge on any atom is 0.257 e. The van der Waals surface area contributed by atoms with E-state index in [4.69, 9.17) is 0 Å². The maximum absolute atomic E-state index is 13.1. The second kappa shape index (κ2) is 4.91. The zero-order valence-electron chi connectivity index (χ0n) is 13.9. The maximum atomic E-state index is 13.1. The molecule has 1 unspecified atom stereocenters. The van der Waals surface area contributed by atoms with Crippen molar-refractivity contribution in [1.29, 1.82) is 0 Å². The number of pyridine rings is 1. The van der Waals surface area contributed by atoms with Crippen LogP contribution in [0.1, 0.15) is 60.3 Å². The zero-order valence-corrected chi connectivity index (χ0v) is 13.9. The molecule has 5 nitrogen and oxygen atoms in total. The minimum atomic E-state index is 0.0701. The lowest BCUT2D eigenvalue weighted by Crippen LogP contribution is -2.57. The summed E-state index contributed by atoms with van der Waals surface area (Å²) in [4.78, 5) is 19.3. The van der Waals surface area contributed by atoms with Crippen molar-refractivity contribution in [1.82, 2.24) is 19.7 Å². The van der Waals surface area contributed by atoms with Gasteiger partial charge in [-0.2, -0.15) is 5.10 Å². The molecule has 2 aliphatic rings. The number of likely N-dealkylation sites (tertiary alicyclic amines) is 1. The number of nitrogens with zero attached hydrogens (tertiary/aromatic N) is 4. The Morgan fingerprint density at radius 2 is 2.13 bits per heavy atom. The van der Waals surface area contributed by atoms with Crippen LogP contribution < -0.4 is 0 Å². The number of aromatic nitrogens is 3. The highest BCUT2D eigenvalue weighted by Gasteiger charge is 2.50. The van der Waals surface area contributed by atoms with Gasteiger partial charge in [0.15, 0.2) is 0 Å². The highest BCUT2D eigenvalue weighted by Crippen LogP contribution is 2.49. The van der Waals surface area contributed by atoms with E-state index in [2.05, 4.69) is 30.0 Å². The molecule has 2 aromatic rings. The molecule has 4 rings (SSSR count). The van der Waals surface area contributed by atoms with E-state index in [0.717, 1.165) is 36.2 Å². The third kappa shape index (κ3) is 2.35. The summed E-state index contributed by atoms with van der Waals surface area (Å²) in [6.07, 6.45) is 7.82. The molecule has 2 aromatic heterocycles. The second-order valence-corrected chi connectivity index (χ2v) is 7.49. The van der Waals surface area contributed by atoms with Gasteiger partial charge in [0.1, 0.15) is 0 Å². The van der Waals surface area contributed by atoms with E-state index in [0.29, 0.717) is 5.92 Å². The summed E-state index contributed by atoms with van der Waals surface area (Å²) in [6, 6.07) is 4.08. The summed E-state index contributed by atoms with van der Waals surface area (Å²) in [5.74, 6) is 0.578. The van der Waals surface area contributed by atoms with Gasteiger partial charge in [0.05, 0.1) is 17.3 Å². The van der Waals surface area contributed by atoms with Gasteiger partial charge in [0.25, 0.3) is 5.91 Å². The molecule has 0 radical (unpaired) electrons. The number of carbonyl (C=O) groups excluding carboxylic acids is 1. The van der Waals surface area contributed by atoms with Crippen LogP contribution in [-0.2, 0) is 7.05 Å². The van der Waals surface area contributed by atoms with E-state index in [9.17, 15) is 4.79 Å². The van der Waals surface area contributed by atoms with Crippen LogP contribution in [0.25, 0.3) is 0 Å². The van der Waals surface area contributed by atoms with Crippen LogP contribution in [0.5, 0.6) is 0 Å². The Hall–Kier alpha value is -2.17. The van der Waals surface area contributed by atoms with Crippen LogP contribution in [0.4, 0.5) is 0 Å². The molecule has 0 bridgehead atoms. The lowest BCUT2D eigenvalue weighted by molar-refractivity contribution is -0.0324. The van der Waals surface area contributed by atoms with Gasteiger partial charge in [0, 0.05) is 43.5 Å². The summed E-state index contributed by atoms with van der Waals surface area (Å²) < 4.78 is 1.77. The van der Waals surface area contributed by atoms with Gasteiger partial charge in [-0.15, -0.1) is 0 Å². The van der Waals surface area contributed by atoms with Crippen molar-refractivity contribution in [3.63, 3.8) is 0 Å². The van der Waals surface area contributed by atoms with Crippen LogP contribution in [0.3, 0.4) is 0 Å². The molecule has 1 saturated carbocycles. The minimum Gasteiger partial charge on any atom is -0.330 e. The molecule has 1 aliphatic carbocycles. The smallest absolute Gasteiger partial charge is 0.257 e. The molecule has 23 heavy (non-hydrogen) atoms. The topological polar surface area (TPSA) is 51.0 Å². The van der Waals surface area contributed by atoms with Gasteiger partial charge in [0.2, 0.25) is 0 Å². The Labute approximate surface area is 136 Å². The fourth-order valence-corrected chi connectivity index (χ4v) is 3.77. The Morgan fingerprint density at radius 3 is 2.74 bits per heavy atom. The van der Waals surface area contributed by atoms with Crippen molar-refractivity contribution in [2.75, 3.05) is 6.54 Å². The Balaban J connectivity index is 1.66. The lowest BCUT2D eigenvalue weighted by atomic mass is 9.71. The quantitative estimate of drug-likeness (QED) is 0.876. The first-order valence-corrected chi connectivity index (χ1v) is 8.22. The van der Waals surface area contributed by atoms with E-state index in [1.54, 1.807) is 10.9 Å². The first-order chi connectivity index (χ1) is 11.0. The van der Waals surface area contributed by atoms with Crippen molar-refractivity contribution < 1.29 is 4.79 Å². The van der Waals surface area contributed by atoms with E-state index in [1.165, 1.54) is 0 Å². The molecule has 0 N–H and O–H groups in total. The van der Waals surface area contributed by atoms with E-state index in [1.807, 2.05) is 30.4 Å². The fourth-order valence-electron chi connectivity index (χ4n) is 3.77. The summed E-state index contributed by atoms with van der Waals surface area (Å²) in [5, 5.41) is 4.53. The fraction of sp³-hybridized carbons (Fsp3) is 0.500. The average molecular weight is 310 g/mol. The summed E-state index contributed by atoms with van der Waals surface area (Å²) in [7, 11) is 1.89. The third-order valence-corrected chi connectivity index (χ3v) is 4.94. The predicted molar refractivity (Wildman–Crippen MR) is 87.0 cm³/mol. The number of rotatable bonds is 3. The average Bonchev–Trinajstić information content (AvgIpc) is 3.28. The standard InChI is InChI=1S/C18H22N4O/c1-18(2)11-22(16(18)13-5-4-8-19-9-13)17(23)14-10-21(3)20-15(14)12-6-7-12/h4-5,8-10,12,16H,6-7,11H2,1-3H3. The van der Waals surface area contributed by atoms with E-state index in [-0.39, 0.29) is 17.4 Å². The largest absolute Gasteiger partial charge is 0.330 e. The van der Waals surface area contributed by atoms with Crippen molar-refractivity contribution in [2.45, 2.75) is 38.6 Å². The molecule has 5 heteroatoms. The molecular weight excluding hydrogens is 288 g/mol. The van der Waals surface area contributed by atoms with Crippen LogP contribution in [0, 0.1) is 5.41 Å². The third-order valence-electron chi connectivity index (χ3n) is 4.94. The molecule has 0 spiro atoms. The summed E-state index contributed by atoms with van der Waals surface area (Å²) >= 11 is 0. The normalized spacial score (nSPS) is 22.7. The lowest BCUT2D eigenvalue weighted by Gasteiger charge is -2.54. The van der Waals surface area contributed by atoms with Crippen molar-refractivity contribution in [3.8, 4) is 0 Å². The van der Waals surface area contributed by atoms with Gasteiger partial charge in [-0.25, -0.2) is 0 Å². The number of hydrogen-bond acceptors (Lipinski definition) is 3. The van der Waals surface area contributed by atoms with Gasteiger partial charge >= 0.3 is 0 Å². The molecule has 0 aromatic carbocycles. The second-order valence-electron chi connectivity index (χ2n) is 7.49. The van der Waals surface area contributed by atoms with Crippen LogP contribution in [0.2, 0.25) is 0 Å². The minimum absolute atomic E-state index is 0.0701. The van der Waals surface area contributed by atoms with Gasteiger partial charge in [-0.1, -0.05) is 19.9 Å². The van der Waals surface area contributed by atoms with E-state index >= 15 is 0 Å². The Morgan fingerprint density at radius 1 is 1.35 bits per heavy atom. The highest BCUT2D eigenvalue weighted by atomic mass is 16.2. The van der Waals surface area contributed by atoms with Crippen molar-refractivity contribution in [3.05, 3.63) is 47.5 Å². The summed E-state index contributed by atoms with van der Waals surface area (Å²) in [6.45, 7) is 5.18. The highest BCUT2D eigenvalue weighted by molar-refractivity contribution is 5.96. The Bertz CT molecular complexity index is 746. The monoisotopic (exact) mass is 310 g/mol. The molecule has 1 aliphatic heterocycles. The zero-order chi connectivity index (χ0) is 16.2. The molecule has 120 valence electrons. The Kier molecular flexibility index (Phi) is 3.08. The first-order valence-electron chi connectivity index (χ1n) is 8.22. The van der Waals surface area contributed by atoms with Crippen molar-refractivity contribution in [2.24, 2.45) is 12.5 Å². The van der Waals surface area contributed by atoms with Crippen molar-refractivity contribution >= 4 is 5.91 Å². The first kappa shape index (κ1) is 14.4. The number of amides is 1. The SMILES string of the molecule is Cn1cc(C(=O)N2CC(C)(C)C2c2cccnc2)c(C2CC2)n1. The molecule has 2 fully saturated rings. The van der Waals surface area contributed by atoms with Gasteiger partial charge in [-0.05, 0) is 24.5 Å². The molecule has 1 amide bonds. The van der Waals surface area contributed by atoms with Crippen LogP contribution in [0.15, 0.2) is 30.7 Å². The molecule has 1 atom stereocenters. The number of aryl methyl sites for hydroxylation is 1. The molecule has 1 saturated heterocycles. The molecular formula is C18H22N4O. The van der Waals surface area contributed by atoms with Gasteiger partial charge < -0.3 is 4.90 Å². The molecule has 3 heterocycles. The predicted octanol–water partition coefficient (Wildman–Crippen LogP) is 2.92. The number of carbonyl (C=O) groups is 1. The summed E-state index contributed by atoms with van der Waals surface area (Å²) in [5.41, 5.74) is 2.93. The van der Waals surface area contributed by atoms with E-state index < -0.39 is 0 Å². The van der Waals surface area contributed by atoms with Gasteiger partial charge in [-0.3, -0.25) is 14.5 Å². The van der Waals surface area contributed by atoms with Crippen LogP contribution in [-0.4, -0.2) is 32.1 Å². The number of hydrogen-bond donors (Lipinski definition) is 0.